The molecule has 0 atom stereocenters. The first-order valence-corrected chi connectivity index (χ1v) is 12.0. The number of unbranched alkanes of at least 4 members (excludes halogenated alkanes) is 2. The standard InChI is InChI=1S/C22H28N2O7S/c1-4-18-22(2,3)16-14-15(32(28,29)30)9-10-17(16)23(18)13-7-5-6-8-21(27)31-24-19(25)11-12-20(24)26/h4,9-10,14H,5-8,11-13H2,1-3H3,(H,28,29,30). The number of hydroxylamine groups is 2. The molecular weight excluding hydrogens is 436 g/mol. The lowest BCUT2D eigenvalue weighted by atomic mass is 9.84. The van der Waals surface area contributed by atoms with Crippen LogP contribution in [-0.4, -0.2) is 42.4 Å². The number of anilines is 1. The summed E-state index contributed by atoms with van der Waals surface area (Å²) in [7, 11) is -4.29. The number of imide groups is 1. The normalized spacial score (nSPS) is 19.1. The lowest BCUT2D eigenvalue weighted by Gasteiger charge is -2.27. The monoisotopic (exact) mass is 464 g/mol. The molecule has 10 heteroatoms. The van der Waals surface area contributed by atoms with Crippen molar-refractivity contribution in [2.75, 3.05) is 11.4 Å². The fourth-order valence-corrected chi connectivity index (χ4v) is 4.80. The Morgan fingerprint density at radius 1 is 1.16 bits per heavy atom. The number of carbonyl (C=O) groups is 3. The Kier molecular flexibility index (Phi) is 6.75. The van der Waals surface area contributed by atoms with E-state index >= 15 is 0 Å². The van der Waals surface area contributed by atoms with Crippen molar-refractivity contribution < 1.29 is 32.2 Å². The molecule has 0 saturated carbocycles. The third-order valence-corrected chi connectivity index (χ3v) is 6.75. The molecule has 0 aliphatic carbocycles. The van der Waals surface area contributed by atoms with Gasteiger partial charge in [-0.15, -0.1) is 5.06 Å². The Bertz CT molecular complexity index is 1060. The van der Waals surface area contributed by atoms with E-state index in [-0.39, 0.29) is 24.2 Å². The van der Waals surface area contributed by atoms with Crippen molar-refractivity contribution in [3.8, 4) is 0 Å². The highest BCUT2D eigenvalue weighted by molar-refractivity contribution is 7.85. The number of fused-ring (bicyclic) bond motifs is 1. The molecule has 0 radical (unpaired) electrons. The Labute approximate surface area is 187 Å². The van der Waals surface area contributed by atoms with Gasteiger partial charge in [-0.2, -0.15) is 8.42 Å². The molecule has 1 aromatic rings. The van der Waals surface area contributed by atoms with E-state index in [1.807, 2.05) is 26.8 Å². The number of allylic oxidation sites excluding steroid dienone is 2. The van der Waals surface area contributed by atoms with E-state index in [9.17, 15) is 27.4 Å². The quantitative estimate of drug-likeness (QED) is 0.354. The number of nitrogens with zero attached hydrogens (tertiary/aromatic N) is 2. The molecule has 1 aromatic carbocycles. The molecule has 2 aliphatic rings. The van der Waals surface area contributed by atoms with Gasteiger partial charge < -0.3 is 9.74 Å². The minimum Gasteiger partial charge on any atom is -0.344 e. The molecule has 0 spiro atoms. The lowest BCUT2D eigenvalue weighted by Crippen LogP contribution is -2.32. The largest absolute Gasteiger partial charge is 0.344 e. The molecule has 1 fully saturated rings. The maximum absolute atomic E-state index is 11.9. The summed E-state index contributed by atoms with van der Waals surface area (Å²) in [6, 6.07) is 4.62. The number of benzene rings is 1. The number of amides is 2. The van der Waals surface area contributed by atoms with Crippen molar-refractivity contribution in [3.05, 3.63) is 35.5 Å². The maximum Gasteiger partial charge on any atom is 0.333 e. The predicted octanol–water partition coefficient (Wildman–Crippen LogP) is 3.10. The third-order valence-electron chi connectivity index (χ3n) is 5.90. The molecule has 1 N–H and O–H groups in total. The van der Waals surface area contributed by atoms with Crippen molar-refractivity contribution in [3.63, 3.8) is 0 Å². The summed E-state index contributed by atoms with van der Waals surface area (Å²) in [4.78, 5) is 41.8. The SMILES string of the molecule is CC=C1N(CCCCCC(=O)ON2C(=O)CCC2=O)c2ccc(S(=O)(=O)O)cc2C1(C)C. The van der Waals surface area contributed by atoms with E-state index in [4.69, 9.17) is 4.84 Å². The second-order valence-corrected chi connectivity index (χ2v) is 9.88. The van der Waals surface area contributed by atoms with Gasteiger partial charge in [0.2, 0.25) is 0 Å². The molecule has 2 heterocycles. The molecule has 3 rings (SSSR count). The maximum atomic E-state index is 11.9. The summed E-state index contributed by atoms with van der Waals surface area (Å²) in [5.41, 5.74) is 2.32. The van der Waals surface area contributed by atoms with Crippen LogP contribution in [0.3, 0.4) is 0 Å². The second-order valence-electron chi connectivity index (χ2n) is 8.46. The minimum absolute atomic E-state index is 0.0682. The van der Waals surface area contributed by atoms with E-state index in [0.29, 0.717) is 18.0 Å². The van der Waals surface area contributed by atoms with Gasteiger partial charge >= 0.3 is 5.97 Å². The first-order valence-electron chi connectivity index (χ1n) is 10.6. The van der Waals surface area contributed by atoms with Crippen LogP contribution in [0, 0.1) is 0 Å². The molecular formula is C22H28N2O7S. The minimum atomic E-state index is -4.29. The van der Waals surface area contributed by atoms with E-state index in [2.05, 4.69) is 4.90 Å². The van der Waals surface area contributed by atoms with Crippen LogP contribution in [0.5, 0.6) is 0 Å². The summed E-state index contributed by atoms with van der Waals surface area (Å²) in [5, 5.41) is 0.560. The molecule has 2 amide bonds. The summed E-state index contributed by atoms with van der Waals surface area (Å²) in [5.74, 6) is -1.59. The highest BCUT2D eigenvalue weighted by atomic mass is 32.2. The zero-order valence-corrected chi connectivity index (χ0v) is 19.3. The zero-order valence-electron chi connectivity index (χ0n) is 18.5. The number of rotatable bonds is 8. The van der Waals surface area contributed by atoms with Gasteiger partial charge in [0.15, 0.2) is 0 Å². The van der Waals surface area contributed by atoms with Crippen LogP contribution in [0.2, 0.25) is 0 Å². The van der Waals surface area contributed by atoms with Crippen molar-refractivity contribution in [1.29, 1.82) is 0 Å². The van der Waals surface area contributed by atoms with Gasteiger partial charge in [0.25, 0.3) is 21.9 Å². The molecule has 174 valence electrons. The summed E-state index contributed by atoms with van der Waals surface area (Å²) in [6.07, 6.45) is 4.27. The van der Waals surface area contributed by atoms with Gasteiger partial charge in [-0.05, 0) is 43.5 Å². The van der Waals surface area contributed by atoms with E-state index in [1.165, 1.54) is 12.1 Å². The van der Waals surface area contributed by atoms with Crippen LogP contribution in [-0.2, 0) is 34.8 Å². The Morgan fingerprint density at radius 3 is 2.41 bits per heavy atom. The average Bonchev–Trinajstić information content (AvgIpc) is 3.14. The van der Waals surface area contributed by atoms with E-state index in [0.717, 1.165) is 29.8 Å². The Balaban J connectivity index is 1.58. The fraction of sp³-hybridized carbons (Fsp3) is 0.500. The van der Waals surface area contributed by atoms with Gasteiger partial charge in [0.05, 0.1) is 4.90 Å². The molecule has 9 nitrogen and oxygen atoms in total. The summed E-state index contributed by atoms with van der Waals surface area (Å²) >= 11 is 0. The van der Waals surface area contributed by atoms with Crippen LogP contribution in [0.25, 0.3) is 0 Å². The van der Waals surface area contributed by atoms with Gasteiger partial charge in [0, 0.05) is 42.6 Å². The molecule has 0 aromatic heterocycles. The Morgan fingerprint density at radius 2 is 1.81 bits per heavy atom. The average molecular weight is 465 g/mol. The van der Waals surface area contributed by atoms with Crippen molar-refractivity contribution in [2.45, 2.75) is 69.6 Å². The van der Waals surface area contributed by atoms with Gasteiger partial charge in [-0.1, -0.05) is 26.3 Å². The summed E-state index contributed by atoms with van der Waals surface area (Å²) < 4.78 is 32.5. The summed E-state index contributed by atoms with van der Waals surface area (Å²) in [6.45, 7) is 6.61. The number of hydrogen-bond donors (Lipinski definition) is 1. The van der Waals surface area contributed by atoms with Crippen LogP contribution in [0.4, 0.5) is 5.69 Å². The fourth-order valence-electron chi connectivity index (χ4n) is 4.30. The first kappa shape index (κ1) is 23.9. The van der Waals surface area contributed by atoms with Crippen molar-refractivity contribution >= 4 is 33.6 Å². The van der Waals surface area contributed by atoms with Gasteiger partial charge in [0.1, 0.15) is 0 Å². The van der Waals surface area contributed by atoms with Crippen LogP contribution >= 0.6 is 0 Å². The highest BCUT2D eigenvalue weighted by Crippen LogP contribution is 2.48. The van der Waals surface area contributed by atoms with Crippen molar-refractivity contribution in [2.24, 2.45) is 0 Å². The molecule has 2 aliphatic heterocycles. The van der Waals surface area contributed by atoms with E-state index < -0.39 is 33.3 Å². The molecule has 0 bridgehead atoms. The topological polar surface area (TPSA) is 121 Å². The molecule has 0 unspecified atom stereocenters. The zero-order chi connectivity index (χ0) is 23.7. The van der Waals surface area contributed by atoms with Crippen LogP contribution in [0.1, 0.15) is 64.9 Å². The second kappa shape index (κ2) is 9.03. The first-order chi connectivity index (χ1) is 15.0. The predicted molar refractivity (Wildman–Crippen MR) is 116 cm³/mol. The lowest BCUT2D eigenvalue weighted by molar-refractivity contribution is -0.197. The highest BCUT2D eigenvalue weighted by Gasteiger charge is 2.40. The van der Waals surface area contributed by atoms with Gasteiger partial charge in [-0.25, -0.2) is 4.79 Å². The number of carbonyl (C=O) groups excluding carboxylic acids is 3. The van der Waals surface area contributed by atoms with Crippen LogP contribution < -0.4 is 4.90 Å². The molecule has 32 heavy (non-hydrogen) atoms. The van der Waals surface area contributed by atoms with Crippen molar-refractivity contribution in [1.82, 2.24) is 5.06 Å². The third kappa shape index (κ3) is 4.71. The van der Waals surface area contributed by atoms with Gasteiger partial charge in [-0.3, -0.25) is 14.1 Å². The van der Waals surface area contributed by atoms with E-state index in [1.54, 1.807) is 6.07 Å². The van der Waals surface area contributed by atoms with Crippen LogP contribution in [0.15, 0.2) is 34.9 Å². The Hall–Kier alpha value is -2.72. The molecule has 1 saturated heterocycles. The smallest absolute Gasteiger partial charge is 0.333 e. The number of hydrogen-bond acceptors (Lipinski definition) is 7.